The second kappa shape index (κ2) is 6.88. The number of hydrogen-bond acceptors (Lipinski definition) is 3. The number of fused-ring (bicyclic) bond motifs is 3. The molecule has 2 aliphatic heterocycles. The van der Waals surface area contributed by atoms with Crippen molar-refractivity contribution in [1.82, 2.24) is 24.2 Å². The van der Waals surface area contributed by atoms with Crippen molar-refractivity contribution < 1.29 is 18.4 Å². The highest BCUT2D eigenvalue weighted by molar-refractivity contribution is 6.01. The Morgan fingerprint density at radius 1 is 1.03 bits per heavy atom. The molecule has 5 heterocycles. The molecule has 0 unspecified atom stereocenters. The quantitative estimate of drug-likeness (QED) is 0.526. The Morgan fingerprint density at radius 3 is 2.56 bits per heavy atom. The van der Waals surface area contributed by atoms with Crippen molar-refractivity contribution in [2.45, 2.75) is 24.9 Å². The summed E-state index contributed by atoms with van der Waals surface area (Å²) in [5, 5.41) is 0.183. The lowest BCUT2D eigenvalue weighted by Gasteiger charge is -2.25. The normalized spacial score (nSPS) is 20.4. The number of hydrogen-bond donors (Lipinski definition) is 1. The number of halogens is 2. The first-order valence-corrected chi connectivity index (χ1v) is 10.5. The number of aromatic nitrogens is 3. The van der Waals surface area contributed by atoms with Crippen LogP contribution in [0.1, 0.15) is 33.7 Å². The fourth-order valence-corrected chi connectivity index (χ4v) is 5.21. The van der Waals surface area contributed by atoms with Gasteiger partial charge < -0.3 is 19.2 Å². The zero-order valence-electron chi connectivity index (χ0n) is 17.0. The number of imidazole rings is 1. The topological polar surface area (TPSA) is 73.7 Å². The number of nitrogens with zero attached hydrogens (tertiary/aromatic N) is 4. The van der Waals surface area contributed by atoms with Crippen molar-refractivity contribution in [3.8, 4) is 0 Å². The number of carbonyl (C=O) groups excluding carboxylic acids is 2. The second-order valence-corrected chi connectivity index (χ2v) is 8.35. The molecule has 2 amide bonds. The third kappa shape index (κ3) is 2.73. The summed E-state index contributed by atoms with van der Waals surface area (Å²) >= 11 is 0. The molecule has 0 saturated carbocycles. The molecule has 4 aromatic rings. The van der Waals surface area contributed by atoms with E-state index in [9.17, 15) is 18.4 Å². The van der Waals surface area contributed by atoms with E-state index in [0.717, 1.165) is 11.6 Å². The van der Waals surface area contributed by atoms with Crippen molar-refractivity contribution in [3.05, 3.63) is 71.9 Å². The Balaban J connectivity index is 1.26. The summed E-state index contributed by atoms with van der Waals surface area (Å²) in [5.74, 6) is -1.74. The molecule has 1 aromatic carbocycles. The maximum atomic E-state index is 14.1. The summed E-state index contributed by atoms with van der Waals surface area (Å²) in [6.07, 6.45) is 6.52. The number of likely N-dealkylation sites (tertiary alicyclic amines) is 2. The average molecular weight is 435 g/mol. The smallest absolute Gasteiger partial charge is 0.270 e. The molecule has 0 bridgehead atoms. The molecule has 3 aromatic heterocycles. The van der Waals surface area contributed by atoms with E-state index in [1.54, 1.807) is 23.5 Å². The third-order valence-corrected chi connectivity index (χ3v) is 6.66. The fourth-order valence-electron chi connectivity index (χ4n) is 5.21. The molecule has 0 aliphatic carbocycles. The van der Waals surface area contributed by atoms with Crippen LogP contribution in [0.25, 0.3) is 16.4 Å². The minimum atomic E-state index is -0.707. The molecular formula is C23H19F2N5O2. The number of amides is 2. The molecule has 2 atom stereocenters. The summed E-state index contributed by atoms with van der Waals surface area (Å²) in [6.45, 7) is 1.06. The van der Waals surface area contributed by atoms with Crippen molar-refractivity contribution in [1.29, 1.82) is 0 Å². The Bertz CT molecular complexity index is 1390. The standard InChI is InChI=1S/C23H19F2N5O2/c24-13-8-16(25)15-10-18(27-17(15)9-13)23(32)30-7-4-19-20(30)3-6-29(19)22(31)14-2-1-5-28-12-26-11-21(14)28/h1-2,5,8-12,19-20,27H,3-4,6-7H2/t19-,20+/m0/s1. The van der Waals surface area contributed by atoms with Gasteiger partial charge in [0.15, 0.2) is 0 Å². The second-order valence-electron chi connectivity index (χ2n) is 8.35. The predicted octanol–water partition coefficient (Wildman–Crippen LogP) is 3.22. The maximum Gasteiger partial charge on any atom is 0.270 e. The van der Waals surface area contributed by atoms with E-state index in [2.05, 4.69) is 9.97 Å². The van der Waals surface area contributed by atoms with Crippen LogP contribution in [-0.4, -0.2) is 61.2 Å². The molecule has 7 nitrogen and oxygen atoms in total. The van der Waals surface area contributed by atoms with Crippen LogP contribution in [0.2, 0.25) is 0 Å². The van der Waals surface area contributed by atoms with E-state index in [4.69, 9.17) is 0 Å². The van der Waals surface area contributed by atoms with Crippen molar-refractivity contribution in [2.75, 3.05) is 13.1 Å². The lowest BCUT2D eigenvalue weighted by Crippen LogP contribution is -2.41. The van der Waals surface area contributed by atoms with Gasteiger partial charge in [0, 0.05) is 30.7 Å². The molecule has 2 saturated heterocycles. The number of aromatic amines is 1. The van der Waals surface area contributed by atoms with Crippen LogP contribution in [0.4, 0.5) is 8.78 Å². The highest BCUT2D eigenvalue weighted by atomic mass is 19.1. The van der Waals surface area contributed by atoms with Gasteiger partial charge in [-0.05, 0) is 37.1 Å². The Morgan fingerprint density at radius 2 is 1.78 bits per heavy atom. The van der Waals surface area contributed by atoms with Crippen LogP contribution in [-0.2, 0) is 0 Å². The van der Waals surface area contributed by atoms with Crippen LogP contribution in [0, 0.1) is 11.6 Å². The summed E-state index contributed by atoms with van der Waals surface area (Å²) in [7, 11) is 0. The Hall–Kier alpha value is -3.75. The zero-order valence-corrected chi connectivity index (χ0v) is 17.0. The van der Waals surface area contributed by atoms with Gasteiger partial charge in [-0.2, -0.15) is 0 Å². The first kappa shape index (κ1) is 19.0. The van der Waals surface area contributed by atoms with Crippen molar-refractivity contribution in [2.24, 2.45) is 0 Å². The van der Waals surface area contributed by atoms with Crippen LogP contribution in [0.5, 0.6) is 0 Å². The number of rotatable bonds is 2. The van der Waals surface area contributed by atoms with E-state index in [1.807, 2.05) is 21.6 Å². The minimum Gasteiger partial charge on any atom is -0.350 e. The molecule has 32 heavy (non-hydrogen) atoms. The van der Waals surface area contributed by atoms with E-state index < -0.39 is 11.6 Å². The highest BCUT2D eigenvalue weighted by Gasteiger charge is 2.46. The third-order valence-electron chi connectivity index (χ3n) is 6.66. The van der Waals surface area contributed by atoms with Crippen LogP contribution >= 0.6 is 0 Å². The fraction of sp³-hybridized carbons (Fsp3) is 0.261. The summed E-state index contributed by atoms with van der Waals surface area (Å²) < 4.78 is 29.4. The summed E-state index contributed by atoms with van der Waals surface area (Å²) in [5.41, 5.74) is 1.81. The SMILES string of the molecule is O=C(c1cc2c(F)cc(F)cc2[nH]1)N1CC[C@H]2[C@H]1CCN2C(=O)c1cccn2cncc12. The predicted molar refractivity (Wildman–Crippen MR) is 112 cm³/mol. The summed E-state index contributed by atoms with van der Waals surface area (Å²) in [4.78, 5) is 37.1. The van der Waals surface area contributed by atoms with Crippen molar-refractivity contribution >= 4 is 28.2 Å². The molecule has 6 rings (SSSR count). The first-order valence-electron chi connectivity index (χ1n) is 10.5. The Kier molecular flexibility index (Phi) is 4.08. The van der Waals surface area contributed by atoms with Crippen LogP contribution in [0.3, 0.4) is 0 Å². The lowest BCUT2D eigenvalue weighted by atomic mass is 10.1. The van der Waals surface area contributed by atoms with E-state index >= 15 is 0 Å². The monoisotopic (exact) mass is 435 g/mol. The van der Waals surface area contributed by atoms with Gasteiger partial charge in [-0.1, -0.05) is 0 Å². The largest absolute Gasteiger partial charge is 0.350 e. The van der Waals surface area contributed by atoms with Gasteiger partial charge in [-0.15, -0.1) is 0 Å². The van der Waals surface area contributed by atoms with Gasteiger partial charge in [-0.25, -0.2) is 13.8 Å². The number of benzene rings is 1. The maximum absolute atomic E-state index is 14.1. The van der Waals surface area contributed by atoms with Gasteiger partial charge in [-0.3, -0.25) is 9.59 Å². The molecule has 9 heteroatoms. The van der Waals surface area contributed by atoms with Crippen molar-refractivity contribution in [3.63, 3.8) is 0 Å². The molecular weight excluding hydrogens is 416 g/mol. The van der Waals surface area contributed by atoms with Gasteiger partial charge in [0.25, 0.3) is 11.8 Å². The van der Waals surface area contributed by atoms with E-state index in [-0.39, 0.29) is 40.5 Å². The first-order chi connectivity index (χ1) is 15.5. The molecule has 2 fully saturated rings. The molecule has 2 aliphatic rings. The van der Waals surface area contributed by atoms with Gasteiger partial charge in [0.2, 0.25) is 0 Å². The van der Waals surface area contributed by atoms with Crippen LogP contribution < -0.4 is 0 Å². The lowest BCUT2D eigenvalue weighted by molar-refractivity contribution is 0.0689. The molecule has 0 radical (unpaired) electrons. The number of H-pyrrole nitrogens is 1. The van der Waals surface area contributed by atoms with E-state index in [1.165, 1.54) is 12.1 Å². The highest BCUT2D eigenvalue weighted by Crippen LogP contribution is 2.34. The summed E-state index contributed by atoms with van der Waals surface area (Å²) in [6, 6.07) is 6.84. The van der Waals surface area contributed by atoms with Gasteiger partial charge in [0.1, 0.15) is 17.3 Å². The molecule has 162 valence electrons. The average Bonchev–Trinajstić information content (AvgIpc) is 3.54. The minimum absolute atomic E-state index is 0.0685. The van der Waals surface area contributed by atoms with Gasteiger partial charge in [0.05, 0.1) is 41.2 Å². The van der Waals surface area contributed by atoms with Crippen LogP contribution in [0.15, 0.2) is 49.1 Å². The number of carbonyl (C=O) groups is 2. The Labute approximate surface area is 181 Å². The number of pyridine rings is 1. The number of nitrogens with one attached hydrogen (secondary N) is 1. The zero-order chi connectivity index (χ0) is 22.0. The molecule has 1 N–H and O–H groups in total. The van der Waals surface area contributed by atoms with E-state index in [0.29, 0.717) is 31.5 Å². The molecule has 0 spiro atoms. The van der Waals surface area contributed by atoms with Gasteiger partial charge >= 0.3 is 0 Å².